The summed E-state index contributed by atoms with van der Waals surface area (Å²) in [6.07, 6.45) is 0. The minimum atomic E-state index is -3.01. The summed E-state index contributed by atoms with van der Waals surface area (Å²) < 4.78 is 22.6. The fourth-order valence-corrected chi connectivity index (χ4v) is 4.61. The number of hydrogen-bond donors (Lipinski definition) is 1. The van der Waals surface area contributed by atoms with Crippen molar-refractivity contribution in [2.75, 3.05) is 5.75 Å². The normalized spacial score (nSPS) is 24.1. The van der Waals surface area contributed by atoms with Crippen molar-refractivity contribution in [3.63, 3.8) is 0 Å². The number of hydrogen-bond acceptors (Lipinski definition) is 5. The van der Waals surface area contributed by atoms with Crippen LogP contribution in [0.5, 0.6) is 0 Å². The first-order valence-electron chi connectivity index (χ1n) is 4.43. The maximum atomic E-state index is 11.3. The highest BCUT2D eigenvalue weighted by atomic mass is 32.2. The lowest BCUT2D eigenvalue weighted by Gasteiger charge is -2.05. The molecule has 2 rings (SSSR count). The summed E-state index contributed by atoms with van der Waals surface area (Å²) in [6, 6.07) is 0. The molecule has 0 spiro atoms. The lowest BCUT2D eigenvalue weighted by atomic mass is 10.3. The molecule has 0 fully saturated rings. The molecule has 5 nitrogen and oxygen atoms in total. The third kappa shape index (κ3) is 2.40. The first-order chi connectivity index (χ1) is 6.96. The number of H-pyrrole nitrogens is 1. The summed E-state index contributed by atoms with van der Waals surface area (Å²) >= 11 is 1.38. The van der Waals surface area contributed by atoms with Gasteiger partial charge in [-0.25, -0.2) is 13.4 Å². The van der Waals surface area contributed by atoms with Crippen molar-refractivity contribution >= 4 is 21.6 Å². The molecule has 15 heavy (non-hydrogen) atoms. The largest absolute Gasteiger partial charge is 0.262 e. The third-order valence-electron chi connectivity index (χ3n) is 2.08. The van der Waals surface area contributed by atoms with E-state index in [9.17, 15) is 8.42 Å². The number of rotatable bonds is 2. The van der Waals surface area contributed by atoms with Crippen LogP contribution >= 0.6 is 11.8 Å². The molecule has 2 heterocycles. The Morgan fingerprint density at radius 1 is 1.53 bits per heavy atom. The molecule has 82 valence electrons. The highest BCUT2D eigenvalue weighted by Gasteiger charge is 2.28. The maximum absolute atomic E-state index is 11.3. The number of thioether (sulfide) groups is 1. The summed E-state index contributed by atoms with van der Waals surface area (Å²) in [5, 5.41) is 8.58. The average Bonchev–Trinajstić information content (AvgIpc) is 2.58. The Hall–Kier alpha value is -0.820. The first-order valence-corrected chi connectivity index (χ1v) is 7.02. The van der Waals surface area contributed by atoms with E-state index in [4.69, 9.17) is 0 Å². The molecule has 0 saturated carbocycles. The van der Waals surface area contributed by atoms with Gasteiger partial charge in [-0.2, -0.15) is 0 Å². The van der Waals surface area contributed by atoms with E-state index in [2.05, 4.69) is 15.2 Å². The predicted octanol–water partition coefficient (Wildman–Crippen LogP) is 0.906. The van der Waals surface area contributed by atoms with Crippen molar-refractivity contribution in [3.8, 4) is 0 Å². The first kappa shape index (κ1) is 10.7. The average molecular weight is 245 g/mol. The van der Waals surface area contributed by atoms with Crippen LogP contribution in [0.4, 0.5) is 0 Å². The summed E-state index contributed by atoms with van der Waals surface area (Å²) in [5.74, 6) is 0.886. The Labute approximate surface area is 92.3 Å². The molecule has 1 aromatic heterocycles. The van der Waals surface area contributed by atoms with E-state index in [1.54, 1.807) is 0 Å². The molecular formula is C8H11N3O2S2. The second kappa shape index (κ2) is 3.64. The SMILES string of the molecule is CC1=CS(=O)(=O)CC1Sc1n[nH]c(C)n1. The molecule has 1 aliphatic heterocycles. The Morgan fingerprint density at radius 2 is 2.27 bits per heavy atom. The quantitative estimate of drug-likeness (QED) is 0.838. The smallest absolute Gasteiger partial charge is 0.209 e. The second-order valence-electron chi connectivity index (χ2n) is 3.50. The Kier molecular flexibility index (Phi) is 2.59. The fourth-order valence-electron chi connectivity index (χ4n) is 1.38. The van der Waals surface area contributed by atoms with Crippen LogP contribution in [-0.2, 0) is 9.84 Å². The number of aromatic amines is 1. The molecule has 0 aromatic carbocycles. The van der Waals surface area contributed by atoms with E-state index in [0.717, 1.165) is 11.4 Å². The van der Waals surface area contributed by atoms with Gasteiger partial charge >= 0.3 is 0 Å². The topological polar surface area (TPSA) is 75.7 Å². The van der Waals surface area contributed by atoms with Gasteiger partial charge in [0.1, 0.15) is 5.82 Å². The van der Waals surface area contributed by atoms with Crippen LogP contribution in [-0.4, -0.2) is 34.6 Å². The zero-order valence-electron chi connectivity index (χ0n) is 8.39. The maximum Gasteiger partial charge on any atom is 0.209 e. The van der Waals surface area contributed by atoms with E-state index < -0.39 is 9.84 Å². The van der Waals surface area contributed by atoms with Crippen molar-refractivity contribution in [2.24, 2.45) is 0 Å². The van der Waals surface area contributed by atoms with Crippen molar-refractivity contribution in [2.45, 2.75) is 24.3 Å². The van der Waals surface area contributed by atoms with Gasteiger partial charge in [0.2, 0.25) is 5.16 Å². The van der Waals surface area contributed by atoms with Gasteiger partial charge in [-0.05, 0) is 19.4 Å². The van der Waals surface area contributed by atoms with Gasteiger partial charge in [0.25, 0.3) is 0 Å². The molecule has 0 aliphatic carbocycles. The predicted molar refractivity (Wildman–Crippen MR) is 58.3 cm³/mol. The van der Waals surface area contributed by atoms with Crippen LogP contribution in [0, 0.1) is 6.92 Å². The number of aryl methyl sites for hydroxylation is 1. The van der Waals surface area contributed by atoms with E-state index in [0.29, 0.717) is 5.16 Å². The van der Waals surface area contributed by atoms with Gasteiger partial charge in [0.05, 0.1) is 5.75 Å². The van der Waals surface area contributed by atoms with Gasteiger partial charge in [-0.15, -0.1) is 5.10 Å². The molecule has 7 heteroatoms. The fraction of sp³-hybridized carbons (Fsp3) is 0.500. The number of aromatic nitrogens is 3. The zero-order valence-corrected chi connectivity index (χ0v) is 10.0. The summed E-state index contributed by atoms with van der Waals surface area (Å²) in [7, 11) is -3.01. The van der Waals surface area contributed by atoms with Crippen LogP contribution in [0.2, 0.25) is 0 Å². The van der Waals surface area contributed by atoms with Crippen molar-refractivity contribution in [1.82, 2.24) is 15.2 Å². The van der Waals surface area contributed by atoms with Crippen LogP contribution in [0.25, 0.3) is 0 Å². The molecule has 1 N–H and O–H groups in total. The molecule has 0 radical (unpaired) electrons. The van der Waals surface area contributed by atoms with Gasteiger partial charge in [0.15, 0.2) is 9.84 Å². The van der Waals surface area contributed by atoms with Gasteiger partial charge in [0, 0.05) is 10.7 Å². The summed E-state index contributed by atoms with van der Waals surface area (Å²) in [4.78, 5) is 4.13. The Bertz CT molecular complexity index is 504. The third-order valence-corrected chi connectivity index (χ3v) is 5.04. The highest BCUT2D eigenvalue weighted by molar-refractivity contribution is 8.02. The van der Waals surface area contributed by atoms with Gasteiger partial charge < -0.3 is 0 Å². The van der Waals surface area contributed by atoms with Gasteiger partial charge in [-0.1, -0.05) is 11.8 Å². The molecule has 1 unspecified atom stereocenters. The molecule has 0 amide bonds. The lowest BCUT2D eigenvalue weighted by molar-refractivity contribution is 0.606. The minimum absolute atomic E-state index is 0.0507. The molecule has 1 atom stereocenters. The monoisotopic (exact) mass is 245 g/mol. The number of nitrogens with one attached hydrogen (secondary N) is 1. The lowest BCUT2D eigenvalue weighted by Crippen LogP contribution is -2.09. The van der Waals surface area contributed by atoms with E-state index >= 15 is 0 Å². The van der Waals surface area contributed by atoms with Crippen LogP contribution < -0.4 is 0 Å². The van der Waals surface area contributed by atoms with E-state index in [1.807, 2.05) is 13.8 Å². The minimum Gasteiger partial charge on any atom is -0.262 e. The summed E-state index contributed by atoms with van der Waals surface area (Å²) in [5.41, 5.74) is 0.863. The Balaban J connectivity index is 2.13. The van der Waals surface area contributed by atoms with Crippen LogP contribution in [0.1, 0.15) is 12.7 Å². The molecule has 1 aromatic rings. The van der Waals surface area contributed by atoms with Crippen LogP contribution in [0.3, 0.4) is 0 Å². The molecule has 0 bridgehead atoms. The summed E-state index contributed by atoms with van der Waals surface area (Å²) in [6.45, 7) is 3.63. The Morgan fingerprint density at radius 3 is 2.73 bits per heavy atom. The van der Waals surface area contributed by atoms with Crippen molar-refractivity contribution in [1.29, 1.82) is 0 Å². The highest BCUT2D eigenvalue weighted by Crippen LogP contribution is 2.31. The van der Waals surface area contributed by atoms with Crippen molar-refractivity contribution < 1.29 is 8.42 Å². The van der Waals surface area contributed by atoms with Crippen LogP contribution in [0.15, 0.2) is 16.1 Å². The van der Waals surface area contributed by atoms with E-state index in [1.165, 1.54) is 17.2 Å². The standard InChI is InChI=1S/C8H11N3O2S2/c1-5-3-15(12,13)4-7(5)14-8-9-6(2)10-11-8/h3,7H,4H2,1-2H3,(H,9,10,11). The van der Waals surface area contributed by atoms with E-state index in [-0.39, 0.29) is 11.0 Å². The number of sulfone groups is 1. The molecule has 0 saturated heterocycles. The zero-order chi connectivity index (χ0) is 11.1. The second-order valence-corrected chi connectivity index (χ2v) is 6.57. The molecular weight excluding hydrogens is 234 g/mol. The van der Waals surface area contributed by atoms with Gasteiger partial charge in [-0.3, -0.25) is 5.10 Å². The molecule has 1 aliphatic rings. The number of nitrogens with zero attached hydrogens (tertiary/aromatic N) is 2. The van der Waals surface area contributed by atoms with Crippen molar-refractivity contribution in [3.05, 3.63) is 16.8 Å².